The van der Waals surface area contributed by atoms with Gasteiger partial charge in [-0.2, -0.15) is 0 Å². The normalized spacial score (nSPS) is 66.0. The van der Waals surface area contributed by atoms with Crippen LogP contribution in [0.2, 0.25) is 0 Å². The zero-order valence-corrected chi connectivity index (χ0v) is 6.73. The minimum atomic E-state index is -0.431. The molecule has 0 aromatic carbocycles. The van der Waals surface area contributed by atoms with Gasteiger partial charge in [-0.05, 0) is 30.6 Å². The van der Waals surface area contributed by atoms with Gasteiger partial charge < -0.3 is 9.84 Å². The van der Waals surface area contributed by atoms with Crippen LogP contribution in [0.4, 0.5) is 0 Å². The van der Waals surface area contributed by atoms with E-state index in [0.29, 0.717) is 23.9 Å². The third kappa shape index (κ3) is 0.611. The molecule has 3 fully saturated rings. The van der Waals surface area contributed by atoms with Crippen molar-refractivity contribution in [3.05, 3.63) is 0 Å². The monoisotopic (exact) mass is 154 g/mol. The highest BCUT2D eigenvalue weighted by Crippen LogP contribution is 2.58. The van der Waals surface area contributed by atoms with Crippen molar-refractivity contribution in [2.75, 3.05) is 0 Å². The van der Waals surface area contributed by atoms with Crippen molar-refractivity contribution in [3.63, 3.8) is 0 Å². The zero-order valence-electron chi connectivity index (χ0n) is 6.73. The Morgan fingerprint density at radius 1 is 1.27 bits per heavy atom. The zero-order chi connectivity index (χ0) is 7.59. The molecule has 1 N–H and O–H groups in total. The quantitative estimate of drug-likeness (QED) is 0.564. The first-order chi connectivity index (χ1) is 5.27. The van der Waals surface area contributed by atoms with Crippen molar-refractivity contribution in [1.29, 1.82) is 0 Å². The summed E-state index contributed by atoms with van der Waals surface area (Å²) in [5, 5.41) is 9.49. The molecule has 2 saturated carbocycles. The Morgan fingerprint density at radius 3 is 2.64 bits per heavy atom. The van der Waals surface area contributed by atoms with Crippen molar-refractivity contribution in [2.24, 2.45) is 23.7 Å². The first-order valence-corrected chi connectivity index (χ1v) is 4.61. The Bertz CT molecular complexity index is 192. The van der Waals surface area contributed by atoms with Gasteiger partial charge in [0.2, 0.25) is 0 Å². The largest absolute Gasteiger partial charge is 0.368 e. The molecule has 0 spiro atoms. The van der Waals surface area contributed by atoms with Crippen LogP contribution in [0.3, 0.4) is 0 Å². The fourth-order valence-corrected chi connectivity index (χ4v) is 3.42. The van der Waals surface area contributed by atoms with E-state index in [9.17, 15) is 5.11 Å². The first-order valence-electron chi connectivity index (χ1n) is 4.61. The molecule has 2 heteroatoms. The molecule has 2 aliphatic carbocycles. The van der Waals surface area contributed by atoms with E-state index in [1.807, 2.05) is 0 Å². The molecule has 3 aliphatic rings. The molecule has 2 nitrogen and oxygen atoms in total. The molecule has 11 heavy (non-hydrogen) atoms. The lowest BCUT2D eigenvalue weighted by molar-refractivity contribution is -0.108. The molecule has 1 aliphatic heterocycles. The summed E-state index contributed by atoms with van der Waals surface area (Å²) in [5.74, 6) is 2.74. The molecule has 3 rings (SSSR count). The van der Waals surface area contributed by atoms with Crippen molar-refractivity contribution in [2.45, 2.75) is 32.2 Å². The van der Waals surface area contributed by atoms with Crippen molar-refractivity contribution < 1.29 is 9.84 Å². The maximum absolute atomic E-state index is 9.49. The van der Waals surface area contributed by atoms with Gasteiger partial charge in [0.15, 0.2) is 6.29 Å². The molecule has 1 heterocycles. The van der Waals surface area contributed by atoms with Crippen molar-refractivity contribution >= 4 is 0 Å². The van der Waals surface area contributed by atoms with Gasteiger partial charge in [0, 0.05) is 5.92 Å². The lowest BCUT2D eigenvalue weighted by Crippen LogP contribution is -2.24. The average Bonchev–Trinajstić information content (AvgIpc) is 2.53. The van der Waals surface area contributed by atoms with E-state index in [0.717, 1.165) is 5.92 Å². The first kappa shape index (κ1) is 6.44. The third-order valence-electron chi connectivity index (χ3n) is 4.05. The van der Waals surface area contributed by atoms with E-state index in [2.05, 4.69) is 6.92 Å². The summed E-state index contributed by atoms with van der Waals surface area (Å²) in [7, 11) is 0. The van der Waals surface area contributed by atoms with Crippen LogP contribution in [0, 0.1) is 23.7 Å². The van der Waals surface area contributed by atoms with Gasteiger partial charge in [-0.15, -0.1) is 0 Å². The smallest absolute Gasteiger partial charge is 0.158 e. The minimum Gasteiger partial charge on any atom is -0.368 e. The standard InChI is InChI=1S/C9H14O2/c1-4-5-2-6-7(3-5)9(10)11-8(4)6/h4-10H,2-3H2,1H3. The molecule has 0 amide bonds. The second-order valence-electron chi connectivity index (χ2n) is 4.41. The number of aliphatic hydroxyl groups is 1. The molecule has 1 saturated heterocycles. The molecule has 0 radical (unpaired) electrons. The highest BCUT2D eigenvalue weighted by Gasteiger charge is 2.58. The molecular formula is C9H14O2. The lowest BCUT2D eigenvalue weighted by atomic mass is 9.83. The van der Waals surface area contributed by atoms with Crippen LogP contribution in [-0.2, 0) is 4.74 Å². The lowest BCUT2D eigenvalue weighted by Gasteiger charge is -2.21. The number of rotatable bonds is 0. The molecule has 6 atom stereocenters. The summed E-state index contributed by atoms with van der Waals surface area (Å²) in [6.45, 7) is 2.27. The molecule has 6 unspecified atom stereocenters. The van der Waals surface area contributed by atoms with Crippen LogP contribution in [0.25, 0.3) is 0 Å². The van der Waals surface area contributed by atoms with Crippen molar-refractivity contribution in [1.82, 2.24) is 0 Å². The van der Waals surface area contributed by atoms with Crippen LogP contribution in [-0.4, -0.2) is 17.5 Å². The predicted molar refractivity (Wildman–Crippen MR) is 39.7 cm³/mol. The molecule has 0 aromatic rings. The summed E-state index contributed by atoms with van der Waals surface area (Å²) in [6, 6.07) is 0. The average molecular weight is 154 g/mol. The fraction of sp³-hybridized carbons (Fsp3) is 1.00. The molecular weight excluding hydrogens is 140 g/mol. The van der Waals surface area contributed by atoms with Gasteiger partial charge in [0.05, 0.1) is 6.10 Å². The molecule has 2 bridgehead atoms. The van der Waals surface area contributed by atoms with E-state index >= 15 is 0 Å². The number of ether oxygens (including phenoxy) is 1. The number of hydrogen-bond donors (Lipinski definition) is 1. The Morgan fingerprint density at radius 2 is 2.00 bits per heavy atom. The van der Waals surface area contributed by atoms with Crippen LogP contribution < -0.4 is 0 Å². The second kappa shape index (κ2) is 1.80. The van der Waals surface area contributed by atoms with E-state index in [1.54, 1.807) is 0 Å². The third-order valence-corrected chi connectivity index (χ3v) is 4.05. The van der Waals surface area contributed by atoms with E-state index in [-0.39, 0.29) is 0 Å². The van der Waals surface area contributed by atoms with Gasteiger partial charge in [-0.1, -0.05) is 6.92 Å². The van der Waals surface area contributed by atoms with Crippen LogP contribution in [0.5, 0.6) is 0 Å². The highest BCUT2D eigenvalue weighted by atomic mass is 16.6. The van der Waals surface area contributed by atoms with E-state index < -0.39 is 6.29 Å². The van der Waals surface area contributed by atoms with Gasteiger partial charge in [-0.25, -0.2) is 0 Å². The highest BCUT2D eigenvalue weighted by molar-refractivity contribution is 5.04. The van der Waals surface area contributed by atoms with E-state index in [1.165, 1.54) is 12.8 Å². The summed E-state index contributed by atoms with van der Waals surface area (Å²) >= 11 is 0. The maximum Gasteiger partial charge on any atom is 0.158 e. The Kier molecular flexibility index (Phi) is 1.06. The van der Waals surface area contributed by atoms with Gasteiger partial charge in [0.25, 0.3) is 0 Å². The summed E-state index contributed by atoms with van der Waals surface area (Å²) in [6.07, 6.45) is 2.49. The summed E-state index contributed by atoms with van der Waals surface area (Å²) < 4.78 is 5.51. The summed E-state index contributed by atoms with van der Waals surface area (Å²) in [4.78, 5) is 0. The predicted octanol–water partition coefficient (Wildman–Crippen LogP) is 0.996. The Hall–Kier alpha value is -0.0800. The second-order valence-corrected chi connectivity index (χ2v) is 4.41. The fourth-order valence-electron chi connectivity index (χ4n) is 3.42. The number of aliphatic hydroxyl groups excluding tert-OH is 1. The topological polar surface area (TPSA) is 29.5 Å². The van der Waals surface area contributed by atoms with E-state index in [4.69, 9.17) is 4.74 Å². The van der Waals surface area contributed by atoms with Gasteiger partial charge in [-0.3, -0.25) is 0 Å². The van der Waals surface area contributed by atoms with Gasteiger partial charge in [0.1, 0.15) is 0 Å². The van der Waals surface area contributed by atoms with Crippen LogP contribution >= 0.6 is 0 Å². The summed E-state index contributed by atoms with van der Waals surface area (Å²) in [5.41, 5.74) is 0. The molecule has 62 valence electrons. The van der Waals surface area contributed by atoms with Crippen LogP contribution in [0.1, 0.15) is 19.8 Å². The van der Waals surface area contributed by atoms with Gasteiger partial charge >= 0.3 is 0 Å². The van der Waals surface area contributed by atoms with Crippen molar-refractivity contribution in [3.8, 4) is 0 Å². The minimum absolute atomic E-state index is 0.397. The maximum atomic E-state index is 9.49. The Balaban J connectivity index is 1.98. The van der Waals surface area contributed by atoms with Crippen LogP contribution in [0.15, 0.2) is 0 Å². The Labute approximate surface area is 66.5 Å². The number of fused-ring (bicyclic) bond motifs is 1. The SMILES string of the molecule is CC1C2CC3C(O)OC1C3C2. The molecule has 0 aromatic heterocycles. The number of hydrogen-bond acceptors (Lipinski definition) is 2.